The van der Waals surface area contributed by atoms with Crippen molar-refractivity contribution in [1.29, 1.82) is 0 Å². The van der Waals surface area contributed by atoms with Crippen LogP contribution in [0.15, 0.2) is 42.6 Å². The second-order valence-corrected chi connectivity index (χ2v) is 7.70. The summed E-state index contributed by atoms with van der Waals surface area (Å²) in [7, 11) is 3.64. The maximum absolute atomic E-state index is 12.4. The molecule has 0 saturated heterocycles. The van der Waals surface area contributed by atoms with Crippen LogP contribution in [0.3, 0.4) is 0 Å². The van der Waals surface area contributed by atoms with Crippen LogP contribution in [-0.2, 0) is 34.0 Å². The zero-order valence-corrected chi connectivity index (χ0v) is 19.1. The minimum absolute atomic E-state index is 0.0557. The maximum atomic E-state index is 12.4. The van der Waals surface area contributed by atoms with Crippen LogP contribution >= 0.6 is 0 Å². The molecule has 1 unspecified atom stereocenters. The Hall–Kier alpha value is -3.62. The van der Waals surface area contributed by atoms with E-state index >= 15 is 0 Å². The van der Waals surface area contributed by atoms with Gasteiger partial charge in [0.15, 0.2) is 0 Å². The summed E-state index contributed by atoms with van der Waals surface area (Å²) in [6.07, 6.45) is -8.35. The van der Waals surface area contributed by atoms with Gasteiger partial charge in [0.2, 0.25) is 5.91 Å². The van der Waals surface area contributed by atoms with E-state index in [9.17, 15) is 31.1 Å². The second kappa shape index (κ2) is 12.9. The number of halogens is 6. The molecular formula is C21H24F6N4O5. The van der Waals surface area contributed by atoms with E-state index in [1.165, 1.54) is 11.3 Å². The largest absolute Gasteiger partial charge is 0.490 e. The molecule has 2 aromatic rings. The van der Waals surface area contributed by atoms with Crippen LogP contribution in [-0.4, -0.2) is 80.6 Å². The Morgan fingerprint density at radius 3 is 1.89 bits per heavy atom. The van der Waals surface area contributed by atoms with E-state index < -0.39 is 24.3 Å². The van der Waals surface area contributed by atoms with Crippen molar-refractivity contribution in [2.45, 2.75) is 32.0 Å². The van der Waals surface area contributed by atoms with Crippen LogP contribution in [0.2, 0.25) is 0 Å². The molecule has 0 radical (unpaired) electrons. The van der Waals surface area contributed by atoms with Gasteiger partial charge in [-0.1, -0.05) is 30.3 Å². The van der Waals surface area contributed by atoms with Gasteiger partial charge >= 0.3 is 24.3 Å². The number of carboxylic acids is 2. The van der Waals surface area contributed by atoms with Gasteiger partial charge in [0.1, 0.15) is 0 Å². The van der Waals surface area contributed by atoms with Gasteiger partial charge < -0.3 is 15.1 Å². The summed E-state index contributed by atoms with van der Waals surface area (Å²) in [4.78, 5) is 34.2. The maximum Gasteiger partial charge on any atom is 0.490 e. The van der Waals surface area contributed by atoms with Gasteiger partial charge in [-0.25, -0.2) is 9.59 Å². The number of carbonyl (C=O) groups excluding carboxylic acids is 1. The molecule has 9 nitrogen and oxygen atoms in total. The lowest BCUT2D eigenvalue weighted by molar-refractivity contribution is -0.193. The summed E-state index contributed by atoms with van der Waals surface area (Å²) in [5.74, 6) is -5.40. The summed E-state index contributed by atoms with van der Waals surface area (Å²) >= 11 is 0. The summed E-state index contributed by atoms with van der Waals surface area (Å²) in [6, 6.07) is 12.4. The van der Waals surface area contributed by atoms with Crippen LogP contribution in [0.25, 0.3) is 0 Å². The normalized spacial score (nSPS) is 15.7. The third-order valence-corrected chi connectivity index (χ3v) is 4.59. The predicted molar refractivity (Wildman–Crippen MR) is 112 cm³/mol. The molecule has 2 heterocycles. The highest BCUT2D eigenvalue weighted by atomic mass is 19.4. The molecule has 2 N–H and O–H groups in total. The number of hydrogen-bond acceptors (Lipinski definition) is 5. The SMILES string of the molecule is CN(C)C(=O)C1CN(Cc2ccccc2)Cc2ccnn2C1.O=C(O)C(F)(F)F.O=C(O)C(F)(F)F. The van der Waals surface area contributed by atoms with Crippen molar-refractivity contribution in [3.8, 4) is 0 Å². The highest BCUT2D eigenvalue weighted by molar-refractivity contribution is 5.78. The molecule has 1 aliphatic heterocycles. The Kier molecular flexibility index (Phi) is 10.9. The first-order valence-electron chi connectivity index (χ1n) is 10.1. The molecule has 1 aliphatic rings. The number of nitrogens with zero attached hydrogens (tertiary/aromatic N) is 4. The zero-order valence-electron chi connectivity index (χ0n) is 19.1. The minimum atomic E-state index is -5.08. The molecule has 1 atom stereocenters. The van der Waals surface area contributed by atoms with Crippen LogP contribution in [0.5, 0.6) is 0 Å². The van der Waals surface area contributed by atoms with Gasteiger partial charge in [0.25, 0.3) is 0 Å². The van der Waals surface area contributed by atoms with E-state index in [-0.39, 0.29) is 11.8 Å². The van der Waals surface area contributed by atoms with Crippen LogP contribution < -0.4 is 0 Å². The smallest absolute Gasteiger partial charge is 0.475 e. The molecule has 3 rings (SSSR count). The predicted octanol–water partition coefficient (Wildman–Crippen LogP) is 2.87. The molecule has 0 saturated carbocycles. The first-order valence-corrected chi connectivity index (χ1v) is 10.1. The lowest BCUT2D eigenvalue weighted by Crippen LogP contribution is -2.38. The summed E-state index contributed by atoms with van der Waals surface area (Å²) < 4.78 is 65.4. The Morgan fingerprint density at radius 1 is 0.944 bits per heavy atom. The number of amides is 1. The van der Waals surface area contributed by atoms with Crippen molar-refractivity contribution in [3.05, 3.63) is 53.9 Å². The van der Waals surface area contributed by atoms with Crippen molar-refractivity contribution in [1.82, 2.24) is 19.6 Å². The first-order chi connectivity index (χ1) is 16.5. The average Bonchev–Trinajstić information content (AvgIpc) is 3.11. The highest BCUT2D eigenvalue weighted by Gasteiger charge is 2.38. The van der Waals surface area contributed by atoms with Crippen molar-refractivity contribution in [2.75, 3.05) is 20.6 Å². The fraction of sp³-hybridized carbons (Fsp3) is 0.429. The molecule has 15 heteroatoms. The van der Waals surface area contributed by atoms with Gasteiger partial charge in [-0.15, -0.1) is 0 Å². The second-order valence-electron chi connectivity index (χ2n) is 7.70. The Labute approximate surface area is 201 Å². The van der Waals surface area contributed by atoms with Crippen molar-refractivity contribution < 1.29 is 50.9 Å². The number of fused-ring (bicyclic) bond motifs is 1. The average molecular weight is 526 g/mol. The number of rotatable bonds is 3. The quantitative estimate of drug-likeness (QED) is 0.591. The Morgan fingerprint density at radius 2 is 1.44 bits per heavy atom. The molecule has 1 aromatic carbocycles. The molecule has 200 valence electrons. The summed E-state index contributed by atoms with van der Waals surface area (Å²) in [5.41, 5.74) is 2.44. The Bertz CT molecular complexity index is 984. The molecular weight excluding hydrogens is 502 g/mol. The highest BCUT2D eigenvalue weighted by Crippen LogP contribution is 2.19. The van der Waals surface area contributed by atoms with Gasteiger partial charge in [-0.2, -0.15) is 31.4 Å². The monoisotopic (exact) mass is 526 g/mol. The number of benzene rings is 1. The van der Waals surface area contributed by atoms with Crippen molar-refractivity contribution >= 4 is 17.8 Å². The van der Waals surface area contributed by atoms with Crippen LogP contribution in [0.4, 0.5) is 26.3 Å². The number of aliphatic carboxylic acids is 2. The Balaban J connectivity index is 0.000000383. The molecule has 1 aromatic heterocycles. The fourth-order valence-corrected chi connectivity index (χ4v) is 3.01. The molecule has 0 bridgehead atoms. The number of carbonyl (C=O) groups is 3. The van der Waals surface area contributed by atoms with E-state index in [1.54, 1.807) is 4.90 Å². The molecule has 0 aliphatic carbocycles. The minimum Gasteiger partial charge on any atom is -0.475 e. The van der Waals surface area contributed by atoms with E-state index in [0.717, 1.165) is 19.6 Å². The van der Waals surface area contributed by atoms with Gasteiger partial charge in [0.05, 0.1) is 18.2 Å². The first kappa shape index (κ1) is 30.4. The van der Waals surface area contributed by atoms with Crippen molar-refractivity contribution in [2.24, 2.45) is 5.92 Å². The van der Waals surface area contributed by atoms with Gasteiger partial charge in [-0.05, 0) is 11.6 Å². The van der Waals surface area contributed by atoms with Crippen molar-refractivity contribution in [3.63, 3.8) is 0 Å². The number of hydrogen-bond donors (Lipinski definition) is 2. The third kappa shape index (κ3) is 10.3. The zero-order chi connectivity index (χ0) is 27.7. The molecule has 1 amide bonds. The third-order valence-electron chi connectivity index (χ3n) is 4.59. The van der Waals surface area contributed by atoms with E-state index in [1.807, 2.05) is 37.1 Å². The van der Waals surface area contributed by atoms with E-state index in [0.29, 0.717) is 6.54 Å². The topological polar surface area (TPSA) is 116 Å². The number of alkyl halides is 6. The number of carboxylic acid groups (broad SMARTS) is 2. The van der Waals surface area contributed by atoms with E-state index in [2.05, 4.69) is 34.3 Å². The standard InChI is InChI=1S/C17H22N4O.2C2HF3O2/c1-19(2)17(22)15-11-20(10-14-6-4-3-5-7-14)13-16-8-9-18-21(16)12-15;2*3-2(4,5)1(6)7/h3-9,15H,10-13H2,1-2H3;2*(H,6,7). The lowest BCUT2D eigenvalue weighted by Gasteiger charge is -2.25. The summed E-state index contributed by atoms with van der Waals surface area (Å²) in [5, 5.41) is 18.6. The molecule has 36 heavy (non-hydrogen) atoms. The fourth-order valence-electron chi connectivity index (χ4n) is 3.01. The van der Waals surface area contributed by atoms with E-state index in [4.69, 9.17) is 19.8 Å². The molecule has 0 fully saturated rings. The lowest BCUT2D eigenvalue weighted by atomic mass is 10.1. The van der Waals surface area contributed by atoms with Crippen LogP contribution in [0.1, 0.15) is 11.3 Å². The number of aromatic nitrogens is 2. The summed E-state index contributed by atoms with van der Waals surface area (Å²) in [6.45, 7) is 3.09. The van der Waals surface area contributed by atoms with Gasteiger partial charge in [0, 0.05) is 39.9 Å². The van der Waals surface area contributed by atoms with Crippen LogP contribution in [0, 0.1) is 5.92 Å². The molecule has 0 spiro atoms. The van der Waals surface area contributed by atoms with Gasteiger partial charge in [-0.3, -0.25) is 14.4 Å².